The maximum absolute atomic E-state index is 11.6. The SMILES string of the molecule is O=C(COc1ccccc1Cl)NN=Cc1cc(Cl)cc(Cl)c1O. The molecule has 2 aromatic rings. The monoisotopic (exact) mass is 372 g/mol. The van der Waals surface area contributed by atoms with Gasteiger partial charge in [0.15, 0.2) is 6.61 Å². The van der Waals surface area contributed by atoms with E-state index >= 15 is 0 Å². The number of para-hydroxylation sites is 1. The number of hydrogen-bond acceptors (Lipinski definition) is 4. The lowest BCUT2D eigenvalue weighted by Gasteiger charge is -2.06. The largest absolute Gasteiger partial charge is 0.506 e. The van der Waals surface area contributed by atoms with Crippen molar-refractivity contribution in [1.29, 1.82) is 0 Å². The van der Waals surface area contributed by atoms with Crippen LogP contribution in [-0.2, 0) is 4.79 Å². The summed E-state index contributed by atoms with van der Waals surface area (Å²) in [5.74, 6) is -0.275. The summed E-state index contributed by atoms with van der Waals surface area (Å²) in [6, 6.07) is 9.64. The fourth-order valence-electron chi connectivity index (χ4n) is 1.60. The molecule has 8 heteroatoms. The van der Waals surface area contributed by atoms with Gasteiger partial charge in [-0.05, 0) is 24.3 Å². The number of rotatable bonds is 5. The molecule has 1 amide bonds. The van der Waals surface area contributed by atoms with E-state index in [2.05, 4.69) is 10.5 Å². The number of phenols is 1. The Morgan fingerprint density at radius 3 is 2.70 bits per heavy atom. The molecule has 0 spiro atoms. The molecule has 0 saturated carbocycles. The zero-order valence-electron chi connectivity index (χ0n) is 11.6. The molecule has 0 heterocycles. The lowest BCUT2D eigenvalue weighted by atomic mass is 10.2. The third kappa shape index (κ3) is 5.03. The third-order valence-electron chi connectivity index (χ3n) is 2.65. The van der Waals surface area contributed by atoms with Crippen molar-refractivity contribution >= 4 is 46.9 Å². The second-order valence-electron chi connectivity index (χ2n) is 4.34. The second kappa shape index (κ2) is 8.06. The van der Waals surface area contributed by atoms with Gasteiger partial charge >= 0.3 is 0 Å². The summed E-state index contributed by atoms with van der Waals surface area (Å²) in [6.07, 6.45) is 1.22. The van der Waals surface area contributed by atoms with Crippen molar-refractivity contribution in [2.75, 3.05) is 6.61 Å². The maximum Gasteiger partial charge on any atom is 0.277 e. The Hall–Kier alpha value is -1.95. The van der Waals surface area contributed by atoms with Crippen LogP contribution in [0, 0.1) is 0 Å². The molecule has 2 N–H and O–H groups in total. The number of halogens is 3. The Morgan fingerprint density at radius 2 is 1.96 bits per heavy atom. The van der Waals surface area contributed by atoms with Gasteiger partial charge in [0.1, 0.15) is 11.5 Å². The number of carbonyl (C=O) groups is 1. The highest BCUT2D eigenvalue weighted by Gasteiger charge is 2.07. The highest BCUT2D eigenvalue weighted by molar-refractivity contribution is 6.36. The van der Waals surface area contributed by atoms with Gasteiger partial charge in [0.25, 0.3) is 5.91 Å². The minimum Gasteiger partial charge on any atom is -0.506 e. The van der Waals surface area contributed by atoms with E-state index in [0.717, 1.165) is 0 Å². The first-order valence-corrected chi connectivity index (χ1v) is 7.48. The molecule has 0 unspecified atom stereocenters. The Morgan fingerprint density at radius 1 is 1.22 bits per heavy atom. The minimum absolute atomic E-state index is 0.0901. The number of nitrogens with zero attached hydrogens (tertiary/aromatic N) is 1. The molecule has 2 aromatic carbocycles. The minimum atomic E-state index is -0.492. The van der Waals surface area contributed by atoms with Crippen molar-refractivity contribution in [3.8, 4) is 11.5 Å². The van der Waals surface area contributed by atoms with Gasteiger partial charge in [-0.15, -0.1) is 0 Å². The van der Waals surface area contributed by atoms with Crippen molar-refractivity contribution in [1.82, 2.24) is 5.43 Å². The zero-order chi connectivity index (χ0) is 16.8. The fourth-order valence-corrected chi connectivity index (χ4v) is 2.29. The fraction of sp³-hybridized carbons (Fsp3) is 0.0667. The predicted molar refractivity (Wildman–Crippen MR) is 90.8 cm³/mol. The molecule has 0 fully saturated rings. The highest BCUT2D eigenvalue weighted by Crippen LogP contribution is 2.29. The molecule has 0 radical (unpaired) electrons. The molecule has 2 rings (SSSR count). The van der Waals surface area contributed by atoms with Gasteiger partial charge in [-0.3, -0.25) is 4.79 Å². The van der Waals surface area contributed by atoms with Crippen molar-refractivity contribution in [3.05, 3.63) is 57.0 Å². The quantitative estimate of drug-likeness (QED) is 0.617. The Bertz CT molecular complexity index is 751. The summed E-state index contributed by atoms with van der Waals surface area (Å²) in [6.45, 7) is -0.261. The summed E-state index contributed by atoms with van der Waals surface area (Å²) in [5.41, 5.74) is 2.53. The topological polar surface area (TPSA) is 70.9 Å². The number of amides is 1. The van der Waals surface area contributed by atoms with E-state index in [9.17, 15) is 9.90 Å². The molecule has 0 aliphatic rings. The number of ether oxygens (including phenoxy) is 1. The number of benzene rings is 2. The first-order valence-electron chi connectivity index (χ1n) is 6.34. The molecule has 0 aliphatic heterocycles. The Balaban J connectivity index is 1.91. The van der Waals surface area contributed by atoms with Crippen LogP contribution in [0.1, 0.15) is 5.56 Å². The summed E-state index contributed by atoms with van der Waals surface area (Å²) in [5, 5.41) is 14.3. The summed E-state index contributed by atoms with van der Waals surface area (Å²) in [4.78, 5) is 11.6. The van der Waals surface area contributed by atoms with Gasteiger partial charge in [-0.25, -0.2) is 5.43 Å². The molecule has 0 atom stereocenters. The molecule has 0 bridgehead atoms. The number of phenolic OH excluding ortho intramolecular Hbond substituents is 1. The molecular formula is C15H11Cl3N2O3. The third-order valence-corrected chi connectivity index (χ3v) is 3.46. The lowest BCUT2D eigenvalue weighted by Crippen LogP contribution is -2.24. The van der Waals surface area contributed by atoms with Crippen LogP contribution >= 0.6 is 34.8 Å². The average Bonchev–Trinajstić information content (AvgIpc) is 2.51. The van der Waals surface area contributed by atoms with E-state index in [1.165, 1.54) is 18.3 Å². The first kappa shape index (κ1) is 17.4. The lowest BCUT2D eigenvalue weighted by molar-refractivity contribution is -0.123. The van der Waals surface area contributed by atoms with Crippen LogP contribution in [0.5, 0.6) is 11.5 Å². The average molecular weight is 374 g/mol. The number of hydrogen-bond donors (Lipinski definition) is 2. The van der Waals surface area contributed by atoms with Crippen LogP contribution in [-0.4, -0.2) is 23.8 Å². The van der Waals surface area contributed by atoms with Crippen LogP contribution in [0.2, 0.25) is 15.1 Å². The second-order valence-corrected chi connectivity index (χ2v) is 5.59. The van der Waals surface area contributed by atoms with Crippen molar-refractivity contribution in [2.45, 2.75) is 0 Å². The van der Waals surface area contributed by atoms with E-state index in [1.807, 2.05) is 0 Å². The van der Waals surface area contributed by atoms with E-state index in [0.29, 0.717) is 15.8 Å². The van der Waals surface area contributed by atoms with Gasteiger partial charge in [0.05, 0.1) is 16.3 Å². The normalized spacial score (nSPS) is 10.7. The van der Waals surface area contributed by atoms with Crippen LogP contribution in [0.25, 0.3) is 0 Å². The van der Waals surface area contributed by atoms with Gasteiger partial charge in [0, 0.05) is 10.6 Å². The predicted octanol–water partition coefficient (Wildman–Crippen LogP) is 3.88. The van der Waals surface area contributed by atoms with E-state index in [-0.39, 0.29) is 22.9 Å². The Kier molecular flexibility index (Phi) is 6.10. The van der Waals surface area contributed by atoms with Crippen molar-refractivity contribution in [3.63, 3.8) is 0 Å². The standard InChI is InChI=1S/C15H11Cl3N2O3/c16-10-5-9(15(22)12(18)6-10)7-19-20-14(21)8-23-13-4-2-1-3-11(13)17/h1-7,22H,8H2,(H,20,21). The smallest absolute Gasteiger partial charge is 0.277 e. The molecule has 0 aromatic heterocycles. The zero-order valence-corrected chi connectivity index (χ0v) is 13.9. The van der Waals surface area contributed by atoms with E-state index in [1.54, 1.807) is 24.3 Å². The van der Waals surface area contributed by atoms with Crippen molar-refractivity contribution < 1.29 is 14.6 Å². The Labute approximate surface area is 147 Å². The molecule has 23 heavy (non-hydrogen) atoms. The van der Waals surface area contributed by atoms with Gasteiger partial charge < -0.3 is 9.84 Å². The molecule has 120 valence electrons. The van der Waals surface area contributed by atoms with Crippen LogP contribution < -0.4 is 10.2 Å². The van der Waals surface area contributed by atoms with Gasteiger partial charge in [-0.1, -0.05) is 46.9 Å². The molecular weight excluding hydrogens is 363 g/mol. The maximum atomic E-state index is 11.6. The molecule has 0 aliphatic carbocycles. The molecule has 5 nitrogen and oxygen atoms in total. The van der Waals surface area contributed by atoms with Crippen LogP contribution in [0.4, 0.5) is 0 Å². The van der Waals surface area contributed by atoms with Crippen LogP contribution in [0.15, 0.2) is 41.5 Å². The summed E-state index contributed by atoms with van der Waals surface area (Å²) >= 11 is 17.5. The van der Waals surface area contributed by atoms with Gasteiger partial charge in [-0.2, -0.15) is 5.10 Å². The first-order chi connectivity index (χ1) is 11.0. The van der Waals surface area contributed by atoms with Gasteiger partial charge in [0.2, 0.25) is 0 Å². The number of carbonyl (C=O) groups excluding carboxylic acids is 1. The van der Waals surface area contributed by atoms with E-state index < -0.39 is 5.91 Å². The highest BCUT2D eigenvalue weighted by atomic mass is 35.5. The van der Waals surface area contributed by atoms with Crippen LogP contribution in [0.3, 0.4) is 0 Å². The van der Waals surface area contributed by atoms with E-state index in [4.69, 9.17) is 39.5 Å². The number of aromatic hydroxyl groups is 1. The number of hydrazone groups is 1. The summed E-state index contributed by atoms with van der Waals surface area (Å²) in [7, 11) is 0. The molecule has 0 saturated heterocycles. The number of nitrogens with one attached hydrogen (secondary N) is 1. The van der Waals surface area contributed by atoms with Crippen molar-refractivity contribution in [2.24, 2.45) is 5.10 Å². The summed E-state index contributed by atoms with van der Waals surface area (Å²) < 4.78 is 5.25.